The molecule has 2 heterocycles. The summed E-state index contributed by atoms with van der Waals surface area (Å²) in [5, 5.41) is 1.05. The van der Waals surface area contributed by atoms with Gasteiger partial charge in [-0.3, -0.25) is 4.79 Å². The van der Waals surface area contributed by atoms with E-state index < -0.39 is 0 Å². The maximum absolute atomic E-state index is 13.0. The molecular formula is C19H26Cl2N2O. The number of hydrogen-bond acceptors (Lipinski definition) is 2. The number of benzene rings is 1. The minimum Gasteiger partial charge on any atom is -0.336 e. The van der Waals surface area contributed by atoms with Gasteiger partial charge in [-0.2, -0.15) is 0 Å². The Morgan fingerprint density at radius 2 is 1.79 bits per heavy atom. The van der Waals surface area contributed by atoms with Crippen molar-refractivity contribution in [1.29, 1.82) is 0 Å². The standard InChI is InChI=1S/C19H26Cl2N2O/c1-19(14-22-9-4-5-10-22)8-2-3-11-23(19)18(24)13-15-6-7-16(20)17(21)12-15/h6-7,12H,2-5,8-11,13-14H2,1H3. The number of piperidine rings is 1. The van der Waals surface area contributed by atoms with Crippen LogP contribution in [0.1, 0.15) is 44.6 Å². The molecule has 1 aromatic rings. The Kier molecular flexibility index (Phi) is 5.74. The van der Waals surface area contributed by atoms with Gasteiger partial charge < -0.3 is 9.80 Å². The molecule has 2 saturated heterocycles. The van der Waals surface area contributed by atoms with Crippen molar-refractivity contribution in [3.8, 4) is 0 Å². The molecule has 3 nitrogen and oxygen atoms in total. The lowest BCUT2D eigenvalue weighted by atomic mass is 9.87. The first kappa shape index (κ1) is 18.0. The molecule has 1 aromatic carbocycles. The molecule has 0 bridgehead atoms. The van der Waals surface area contributed by atoms with Gasteiger partial charge >= 0.3 is 0 Å². The zero-order valence-corrected chi connectivity index (χ0v) is 15.9. The van der Waals surface area contributed by atoms with E-state index in [0.717, 1.165) is 31.5 Å². The van der Waals surface area contributed by atoms with Crippen molar-refractivity contribution < 1.29 is 4.79 Å². The third-order valence-electron chi connectivity index (χ3n) is 5.40. The smallest absolute Gasteiger partial charge is 0.227 e. The number of nitrogens with zero attached hydrogens (tertiary/aromatic N) is 2. The Morgan fingerprint density at radius 3 is 2.50 bits per heavy atom. The van der Waals surface area contributed by atoms with Crippen molar-refractivity contribution in [2.45, 2.75) is 51.0 Å². The van der Waals surface area contributed by atoms with Gasteiger partial charge in [-0.1, -0.05) is 29.3 Å². The number of amides is 1. The Hall–Kier alpha value is -0.770. The number of likely N-dealkylation sites (tertiary alicyclic amines) is 2. The van der Waals surface area contributed by atoms with E-state index in [0.29, 0.717) is 16.5 Å². The Bertz CT molecular complexity index is 601. The van der Waals surface area contributed by atoms with Crippen LogP contribution in [-0.4, -0.2) is 47.4 Å². The van der Waals surface area contributed by atoms with Gasteiger partial charge in [0.1, 0.15) is 0 Å². The number of carbonyl (C=O) groups excluding carboxylic acids is 1. The highest BCUT2D eigenvalue weighted by Crippen LogP contribution is 2.31. The van der Waals surface area contributed by atoms with Crippen LogP contribution in [-0.2, 0) is 11.2 Å². The van der Waals surface area contributed by atoms with Crippen LogP contribution in [0.4, 0.5) is 0 Å². The van der Waals surface area contributed by atoms with Crippen LogP contribution in [0.15, 0.2) is 18.2 Å². The highest BCUT2D eigenvalue weighted by molar-refractivity contribution is 6.42. The molecular weight excluding hydrogens is 343 g/mol. The number of carbonyl (C=O) groups is 1. The van der Waals surface area contributed by atoms with E-state index in [4.69, 9.17) is 23.2 Å². The second kappa shape index (κ2) is 7.63. The van der Waals surface area contributed by atoms with Crippen molar-refractivity contribution in [3.05, 3.63) is 33.8 Å². The summed E-state index contributed by atoms with van der Waals surface area (Å²) in [5.74, 6) is 0.204. The third kappa shape index (κ3) is 4.07. The second-order valence-corrected chi connectivity index (χ2v) is 8.22. The summed E-state index contributed by atoms with van der Waals surface area (Å²) < 4.78 is 0. The van der Waals surface area contributed by atoms with E-state index in [9.17, 15) is 4.79 Å². The normalized spacial score (nSPS) is 25.2. The lowest BCUT2D eigenvalue weighted by Gasteiger charge is -2.47. The summed E-state index contributed by atoms with van der Waals surface area (Å²) in [6.07, 6.45) is 6.37. The highest BCUT2D eigenvalue weighted by atomic mass is 35.5. The topological polar surface area (TPSA) is 23.6 Å². The molecule has 0 radical (unpaired) electrons. The molecule has 2 aliphatic rings. The van der Waals surface area contributed by atoms with Gasteiger partial charge in [-0.15, -0.1) is 0 Å². The van der Waals surface area contributed by atoms with Crippen LogP contribution in [0.25, 0.3) is 0 Å². The van der Waals surface area contributed by atoms with Gasteiger partial charge in [0.25, 0.3) is 0 Å². The van der Waals surface area contributed by atoms with Gasteiger partial charge in [0, 0.05) is 13.1 Å². The largest absolute Gasteiger partial charge is 0.336 e. The maximum Gasteiger partial charge on any atom is 0.227 e. The first-order valence-electron chi connectivity index (χ1n) is 8.95. The van der Waals surface area contributed by atoms with Crippen LogP contribution in [0, 0.1) is 0 Å². The molecule has 2 fully saturated rings. The SMILES string of the molecule is CC1(CN2CCCC2)CCCCN1C(=O)Cc1ccc(Cl)c(Cl)c1. The van der Waals surface area contributed by atoms with E-state index in [1.807, 2.05) is 12.1 Å². The zero-order valence-electron chi connectivity index (χ0n) is 14.4. The lowest BCUT2D eigenvalue weighted by Crippen LogP contribution is -2.58. The molecule has 0 aromatic heterocycles. The fourth-order valence-electron chi connectivity index (χ4n) is 4.11. The van der Waals surface area contributed by atoms with Crippen LogP contribution in [0.3, 0.4) is 0 Å². The molecule has 0 aliphatic carbocycles. The predicted octanol–water partition coefficient (Wildman–Crippen LogP) is 4.40. The minimum atomic E-state index is -0.0457. The molecule has 1 amide bonds. The summed E-state index contributed by atoms with van der Waals surface area (Å²) in [7, 11) is 0. The molecule has 1 unspecified atom stereocenters. The van der Waals surface area contributed by atoms with E-state index in [1.165, 1.54) is 32.4 Å². The number of rotatable bonds is 4. The van der Waals surface area contributed by atoms with Gasteiger partial charge in [0.05, 0.1) is 22.0 Å². The van der Waals surface area contributed by atoms with Crippen LogP contribution in [0.5, 0.6) is 0 Å². The van der Waals surface area contributed by atoms with E-state index in [-0.39, 0.29) is 11.4 Å². The molecule has 0 spiro atoms. The van der Waals surface area contributed by atoms with Gasteiger partial charge in [-0.05, 0) is 69.8 Å². The van der Waals surface area contributed by atoms with Gasteiger partial charge in [0.15, 0.2) is 0 Å². The van der Waals surface area contributed by atoms with Crippen molar-refractivity contribution in [3.63, 3.8) is 0 Å². The Morgan fingerprint density at radius 1 is 1.08 bits per heavy atom. The first-order chi connectivity index (χ1) is 11.5. The second-order valence-electron chi connectivity index (χ2n) is 7.41. The number of halogens is 2. The monoisotopic (exact) mass is 368 g/mol. The lowest BCUT2D eigenvalue weighted by molar-refractivity contribution is -0.139. The van der Waals surface area contributed by atoms with Crippen LogP contribution < -0.4 is 0 Å². The van der Waals surface area contributed by atoms with Crippen molar-refractivity contribution in [2.75, 3.05) is 26.2 Å². The van der Waals surface area contributed by atoms with Crippen LogP contribution in [0.2, 0.25) is 10.0 Å². The highest BCUT2D eigenvalue weighted by Gasteiger charge is 2.39. The number of hydrogen-bond donors (Lipinski definition) is 0. The minimum absolute atomic E-state index is 0.0457. The molecule has 0 N–H and O–H groups in total. The van der Waals surface area contributed by atoms with Crippen molar-refractivity contribution in [2.24, 2.45) is 0 Å². The summed E-state index contributed by atoms with van der Waals surface area (Å²) in [5.41, 5.74) is 0.888. The van der Waals surface area contributed by atoms with E-state index in [2.05, 4.69) is 16.7 Å². The molecule has 3 rings (SSSR count). The van der Waals surface area contributed by atoms with Crippen LogP contribution >= 0.6 is 23.2 Å². The average molecular weight is 369 g/mol. The summed E-state index contributed by atoms with van der Waals surface area (Å²) >= 11 is 12.1. The first-order valence-corrected chi connectivity index (χ1v) is 9.70. The molecule has 132 valence electrons. The summed E-state index contributed by atoms with van der Waals surface area (Å²) in [6, 6.07) is 5.48. The predicted molar refractivity (Wildman–Crippen MR) is 99.8 cm³/mol. The molecule has 0 saturated carbocycles. The summed E-state index contributed by atoms with van der Waals surface area (Å²) in [6.45, 7) is 6.47. The molecule has 24 heavy (non-hydrogen) atoms. The zero-order chi connectivity index (χ0) is 17.2. The van der Waals surface area contributed by atoms with E-state index in [1.54, 1.807) is 6.07 Å². The maximum atomic E-state index is 13.0. The van der Waals surface area contributed by atoms with Gasteiger partial charge in [-0.25, -0.2) is 0 Å². The van der Waals surface area contributed by atoms with Gasteiger partial charge in [0.2, 0.25) is 5.91 Å². The quantitative estimate of drug-likeness (QED) is 0.785. The van der Waals surface area contributed by atoms with Crippen molar-refractivity contribution >= 4 is 29.1 Å². The molecule has 1 atom stereocenters. The fraction of sp³-hybridized carbons (Fsp3) is 0.632. The summed E-state index contributed by atoms with van der Waals surface area (Å²) in [4.78, 5) is 17.6. The average Bonchev–Trinajstić information content (AvgIpc) is 3.03. The third-order valence-corrected chi connectivity index (χ3v) is 6.14. The van der Waals surface area contributed by atoms with E-state index >= 15 is 0 Å². The molecule has 5 heteroatoms. The fourth-order valence-corrected chi connectivity index (χ4v) is 4.43. The Balaban J connectivity index is 1.71. The van der Waals surface area contributed by atoms with Crippen molar-refractivity contribution in [1.82, 2.24) is 9.80 Å². The molecule has 2 aliphatic heterocycles. The Labute approximate surface area is 154 Å².